The van der Waals surface area contributed by atoms with E-state index in [-0.39, 0.29) is 13.2 Å². The SMILES string of the molecule is OC[C@@]1(O)CO[C@@H](OC[C@H]2O[C@@H](Oc3c[nH]c4ccccc34)[C@H](O)[C@@H](O)[C@@H]2O)[C@@H]1O. The molecule has 2 aliphatic rings. The predicted molar refractivity (Wildman–Crippen MR) is 99.3 cm³/mol. The van der Waals surface area contributed by atoms with E-state index in [0.29, 0.717) is 5.75 Å². The van der Waals surface area contributed by atoms with Gasteiger partial charge in [-0.15, -0.1) is 0 Å². The van der Waals surface area contributed by atoms with E-state index in [4.69, 9.17) is 18.9 Å². The van der Waals surface area contributed by atoms with Gasteiger partial charge in [-0.1, -0.05) is 12.1 Å². The first-order chi connectivity index (χ1) is 14.3. The maximum atomic E-state index is 10.3. The number of hydrogen-bond donors (Lipinski definition) is 7. The molecule has 0 saturated carbocycles. The number of rotatable bonds is 6. The van der Waals surface area contributed by atoms with E-state index in [1.54, 1.807) is 6.20 Å². The number of fused-ring (bicyclic) bond motifs is 1. The van der Waals surface area contributed by atoms with E-state index < -0.39 is 55.3 Å². The van der Waals surface area contributed by atoms with Crippen molar-refractivity contribution in [2.45, 2.75) is 48.7 Å². The zero-order chi connectivity index (χ0) is 21.5. The molecule has 2 fully saturated rings. The Kier molecular flexibility index (Phi) is 5.99. The largest absolute Gasteiger partial charge is 0.460 e. The molecule has 0 bridgehead atoms. The van der Waals surface area contributed by atoms with Crippen LogP contribution in [0, 0.1) is 0 Å². The molecule has 1 aromatic heterocycles. The second-order valence-corrected chi connectivity index (χ2v) is 7.55. The van der Waals surface area contributed by atoms with Crippen LogP contribution in [0.5, 0.6) is 5.75 Å². The molecule has 0 amide bonds. The van der Waals surface area contributed by atoms with Gasteiger partial charge >= 0.3 is 0 Å². The van der Waals surface area contributed by atoms with E-state index in [9.17, 15) is 30.6 Å². The molecule has 3 heterocycles. The summed E-state index contributed by atoms with van der Waals surface area (Å²) < 4.78 is 21.9. The lowest BCUT2D eigenvalue weighted by atomic mass is 9.99. The molecule has 11 heteroatoms. The van der Waals surface area contributed by atoms with Crippen LogP contribution in [0.15, 0.2) is 30.5 Å². The van der Waals surface area contributed by atoms with E-state index in [0.717, 1.165) is 10.9 Å². The number of ether oxygens (including phenoxy) is 4. The minimum atomic E-state index is -1.85. The Balaban J connectivity index is 1.43. The van der Waals surface area contributed by atoms with Gasteiger partial charge in [0, 0.05) is 17.1 Å². The number of para-hydroxylation sites is 1. The van der Waals surface area contributed by atoms with Crippen molar-refractivity contribution in [2.24, 2.45) is 0 Å². The van der Waals surface area contributed by atoms with Gasteiger partial charge in [-0.3, -0.25) is 0 Å². The highest BCUT2D eigenvalue weighted by atomic mass is 16.7. The molecule has 2 saturated heterocycles. The number of nitrogens with one attached hydrogen (secondary N) is 1. The molecule has 0 unspecified atom stereocenters. The van der Waals surface area contributed by atoms with Crippen LogP contribution in [0.1, 0.15) is 0 Å². The monoisotopic (exact) mass is 427 g/mol. The van der Waals surface area contributed by atoms with Crippen molar-refractivity contribution in [3.05, 3.63) is 30.5 Å². The maximum absolute atomic E-state index is 10.3. The first-order valence-corrected chi connectivity index (χ1v) is 9.51. The van der Waals surface area contributed by atoms with Gasteiger partial charge in [0.1, 0.15) is 41.9 Å². The van der Waals surface area contributed by atoms with Crippen molar-refractivity contribution in [3.8, 4) is 5.75 Å². The van der Waals surface area contributed by atoms with Crippen LogP contribution in [0.25, 0.3) is 10.9 Å². The molecule has 2 aliphatic heterocycles. The van der Waals surface area contributed by atoms with Gasteiger partial charge in [0.05, 0.1) is 19.8 Å². The van der Waals surface area contributed by atoms with Crippen LogP contribution in [0.3, 0.4) is 0 Å². The van der Waals surface area contributed by atoms with Gasteiger partial charge in [-0.05, 0) is 12.1 Å². The second kappa shape index (κ2) is 8.38. The van der Waals surface area contributed by atoms with Crippen molar-refractivity contribution >= 4 is 10.9 Å². The predicted octanol–water partition coefficient (Wildman–Crippen LogP) is -2.19. The standard InChI is InChI=1S/C19H25NO10/c21-7-19(26)8-28-18(16(19)25)27-6-12-13(22)14(23)15(24)17(30-12)29-11-5-20-10-4-2-1-3-9(10)11/h1-5,12-18,20-26H,6-8H2/t12-,13-,14+,15-,16+,17-,18-,19-/m1/s1. The summed E-state index contributed by atoms with van der Waals surface area (Å²) in [6.07, 6.45) is -8.24. The molecular weight excluding hydrogens is 402 g/mol. The molecule has 30 heavy (non-hydrogen) atoms. The lowest BCUT2D eigenvalue weighted by Crippen LogP contribution is -2.60. The van der Waals surface area contributed by atoms with Gasteiger partial charge in [0.25, 0.3) is 0 Å². The van der Waals surface area contributed by atoms with E-state index in [2.05, 4.69) is 4.98 Å². The van der Waals surface area contributed by atoms with Gasteiger partial charge < -0.3 is 54.6 Å². The number of benzene rings is 1. The Morgan fingerprint density at radius 3 is 2.57 bits per heavy atom. The van der Waals surface area contributed by atoms with E-state index in [1.807, 2.05) is 24.3 Å². The van der Waals surface area contributed by atoms with Gasteiger partial charge in [0.2, 0.25) is 6.29 Å². The van der Waals surface area contributed by atoms with Crippen molar-refractivity contribution in [3.63, 3.8) is 0 Å². The molecule has 1 aromatic carbocycles. The number of aliphatic hydroxyl groups excluding tert-OH is 5. The summed E-state index contributed by atoms with van der Waals surface area (Å²) in [7, 11) is 0. The third-order valence-electron chi connectivity index (χ3n) is 5.47. The Morgan fingerprint density at radius 2 is 1.83 bits per heavy atom. The molecule has 0 radical (unpaired) electrons. The molecule has 11 nitrogen and oxygen atoms in total. The highest BCUT2D eigenvalue weighted by Crippen LogP contribution is 2.31. The zero-order valence-corrected chi connectivity index (χ0v) is 15.9. The summed E-state index contributed by atoms with van der Waals surface area (Å²) in [5, 5.41) is 60.7. The van der Waals surface area contributed by atoms with Gasteiger partial charge in [-0.2, -0.15) is 0 Å². The summed E-state index contributed by atoms with van der Waals surface area (Å²) in [6, 6.07) is 7.32. The molecule has 4 rings (SSSR count). The average Bonchev–Trinajstić information content (AvgIpc) is 3.29. The minimum absolute atomic E-state index is 0.336. The summed E-state index contributed by atoms with van der Waals surface area (Å²) >= 11 is 0. The summed E-state index contributed by atoms with van der Waals surface area (Å²) in [5.41, 5.74) is -1.05. The van der Waals surface area contributed by atoms with Crippen molar-refractivity contribution in [1.29, 1.82) is 0 Å². The Bertz CT molecular complexity index is 861. The summed E-state index contributed by atoms with van der Waals surface area (Å²) in [4.78, 5) is 3.02. The average molecular weight is 427 g/mol. The van der Waals surface area contributed by atoms with Gasteiger partial charge in [-0.25, -0.2) is 0 Å². The molecule has 2 aromatic rings. The fourth-order valence-electron chi connectivity index (χ4n) is 3.54. The van der Waals surface area contributed by atoms with Crippen LogP contribution in [0.2, 0.25) is 0 Å². The third kappa shape index (κ3) is 3.80. The Hall–Kier alpha value is -1.80. The van der Waals surface area contributed by atoms with Crippen LogP contribution in [-0.4, -0.2) is 104 Å². The fourth-order valence-corrected chi connectivity index (χ4v) is 3.54. The van der Waals surface area contributed by atoms with E-state index in [1.165, 1.54) is 0 Å². The molecule has 0 aliphatic carbocycles. The van der Waals surface area contributed by atoms with Gasteiger partial charge in [0.15, 0.2) is 6.29 Å². The smallest absolute Gasteiger partial charge is 0.229 e. The number of aromatic nitrogens is 1. The fraction of sp³-hybridized carbons (Fsp3) is 0.579. The normalized spacial score (nSPS) is 39.5. The third-order valence-corrected chi connectivity index (χ3v) is 5.47. The quantitative estimate of drug-likeness (QED) is 0.268. The number of aliphatic hydroxyl groups is 6. The molecular formula is C19H25NO10. The summed E-state index contributed by atoms with van der Waals surface area (Å²) in [6.45, 7) is -1.40. The highest BCUT2D eigenvalue weighted by molar-refractivity contribution is 5.85. The first kappa shape index (κ1) is 21.4. The lowest BCUT2D eigenvalue weighted by Gasteiger charge is -2.40. The number of H-pyrrole nitrogens is 1. The number of aromatic amines is 1. The lowest BCUT2D eigenvalue weighted by molar-refractivity contribution is -0.289. The zero-order valence-electron chi connectivity index (χ0n) is 15.9. The second-order valence-electron chi connectivity index (χ2n) is 7.55. The Morgan fingerprint density at radius 1 is 1.07 bits per heavy atom. The maximum Gasteiger partial charge on any atom is 0.229 e. The van der Waals surface area contributed by atoms with Crippen LogP contribution in [-0.2, 0) is 14.2 Å². The molecule has 7 N–H and O–H groups in total. The van der Waals surface area contributed by atoms with Crippen LogP contribution < -0.4 is 4.74 Å². The van der Waals surface area contributed by atoms with Crippen LogP contribution >= 0.6 is 0 Å². The van der Waals surface area contributed by atoms with Crippen molar-refractivity contribution in [1.82, 2.24) is 4.98 Å². The summed E-state index contributed by atoms with van der Waals surface area (Å²) in [5.74, 6) is 0.389. The minimum Gasteiger partial charge on any atom is -0.460 e. The molecule has 0 spiro atoms. The number of hydrogen-bond acceptors (Lipinski definition) is 10. The topological polar surface area (TPSA) is 174 Å². The van der Waals surface area contributed by atoms with Crippen molar-refractivity contribution < 1.29 is 49.6 Å². The molecule has 8 atom stereocenters. The van der Waals surface area contributed by atoms with Crippen LogP contribution in [0.4, 0.5) is 0 Å². The Labute approximate surface area is 171 Å². The highest BCUT2D eigenvalue weighted by Gasteiger charge is 2.50. The molecule has 166 valence electrons. The first-order valence-electron chi connectivity index (χ1n) is 9.51. The van der Waals surface area contributed by atoms with Crippen molar-refractivity contribution in [2.75, 3.05) is 19.8 Å². The van der Waals surface area contributed by atoms with E-state index >= 15 is 0 Å².